The molecule has 0 aliphatic carbocycles. The first kappa shape index (κ1) is 14.3. The maximum absolute atomic E-state index is 9.13. The standard InChI is InChI=1S/C15H13ClN6/c1-2-7-22-14(15-13(9-17)18-21-19-15)8-12(20-22)10-3-5-11(16)6-4-10/h3-6,8H,2,7H2,1H3,(H,18,19,21). The van der Waals surface area contributed by atoms with Gasteiger partial charge in [0.15, 0.2) is 5.69 Å². The fourth-order valence-corrected chi connectivity index (χ4v) is 2.36. The van der Waals surface area contributed by atoms with Gasteiger partial charge in [0.05, 0.1) is 11.4 Å². The molecule has 1 N–H and O–H groups in total. The molecule has 0 fully saturated rings. The maximum atomic E-state index is 9.13. The SMILES string of the molecule is CCCn1nc(-c2ccc(Cl)cc2)cc1-c1n[nH]nc1C#N. The van der Waals surface area contributed by atoms with Crippen molar-refractivity contribution < 1.29 is 0 Å². The third-order valence-corrected chi connectivity index (χ3v) is 3.50. The van der Waals surface area contributed by atoms with E-state index >= 15 is 0 Å². The monoisotopic (exact) mass is 312 g/mol. The van der Waals surface area contributed by atoms with Gasteiger partial charge in [-0.3, -0.25) is 4.68 Å². The predicted molar refractivity (Wildman–Crippen MR) is 83.1 cm³/mol. The van der Waals surface area contributed by atoms with Crippen molar-refractivity contribution in [1.29, 1.82) is 5.26 Å². The quantitative estimate of drug-likeness (QED) is 0.801. The van der Waals surface area contributed by atoms with Gasteiger partial charge in [0.1, 0.15) is 11.8 Å². The van der Waals surface area contributed by atoms with Gasteiger partial charge in [-0.1, -0.05) is 30.7 Å². The molecule has 2 aromatic heterocycles. The molecule has 1 aromatic carbocycles. The molecule has 0 aliphatic rings. The molecular formula is C15H13ClN6. The Bertz CT molecular complexity index is 825. The second kappa shape index (κ2) is 6.00. The molecule has 0 unspecified atom stereocenters. The first-order valence-corrected chi connectivity index (χ1v) is 7.25. The zero-order valence-electron chi connectivity index (χ0n) is 11.9. The van der Waals surface area contributed by atoms with Crippen LogP contribution in [0.2, 0.25) is 5.02 Å². The van der Waals surface area contributed by atoms with Gasteiger partial charge in [0, 0.05) is 17.1 Å². The van der Waals surface area contributed by atoms with Crippen molar-refractivity contribution in [3.8, 4) is 28.7 Å². The lowest BCUT2D eigenvalue weighted by Crippen LogP contribution is -2.02. The highest BCUT2D eigenvalue weighted by molar-refractivity contribution is 6.30. The number of aromatic nitrogens is 5. The molecule has 0 bridgehead atoms. The number of nitrogens with zero attached hydrogens (tertiary/aromatic N) is 5. The van der Waals surface area contributed by atoms with Gasteiger partial charge in [-0.25, -0.2) is 0 Å². The molecule has 6 nitrogen and oxygen atoms in total. The van der Waals surface area contributed by atoms with Crippen LogP contribution in [0.5, 0.6) is 0 Å². The Balaban J connectivity index is 2.10. The van der Waals surface area contributed by atoms with Gasteiger partial charge in [-0.2, -0.15) is 20.7 Å². The lowest BCUT2D eigenvalue weighted by molar-refractivity contribution is 0.609. The summed E-state index contributed by atoms with van der Waals surface area (Å²) in [5, 5.41) is 24.8. The van der Waals surface area contributed by atoms with Crippen LogP contribution in [0, 0.1) is 11.3 Å². The minimum Gasteiger partial charge on any atom is -0.263 e. The summed E-state index contributed by atoms with van der Waals surface area (Å²) < 4.78 is 1.85. The number of H-pyrrole nitrogens is 1. The van der Waals surface area contributed by atoms with E-state index in [4.69, 9.17) is 16.9 Å². The third kappa shape index (κ3) is 2.59. The number of aryl methyl sites for hydroxylation is 1. The van der Waals surface area contributed by atoms with E-state index in [1.165, 1.54) is 0 Å². The summed E-state index contributed by atoms with van der Waals surface area (Å²) >= 11 is 5.92. The molecule has 3 aromatic rings. The van der Waals surface area contributed by atoms with Crippen LogP contribution in [0.15, 0.2) is 30.3 Å². The smallest absolute Gasteiger partial charge is 0.192 e. The van der Waals surface area contributed by atoms with E-state index in [0.717, 1.165) is 29.9 Å². The molecule has 0 saturated heterocycles. The summed E-state index contributed by atoms with van der Waals surface area (Å²) in [4.78, 5) is 0. The van der Waals surface area contributed by atoms with Crippen LogP contribution in [0.3, 0.4) is 0 Å². The zero-order chi connectivity index (χ0) is 15.5. The highest BCUT2D eigenvalue weighted by Gasteiger charge is 2.17. The van der Waals surface area contributed by atoms with E-state index in [2.05, 4.69) is 27.4 Å². The van der Waals surface area contributed by atoms with Crippen LogP contribution in [0.4, 0.5) is 0 Å². The number of nitrogens with one attached hydrogen (secondary N) is 1. The lowest BCUT2D eigenvalue weighted by Gasteiger charge is -2.02. The van der Waals surface area contributed by atoms with Gasteiger partial charge in [-0.15, -0.1) is 5.10 Å². The minimum absolute atomic E-state index is 0.264. The number of nitriles is 1. The average molecular weight is 313 g/mol. The summed E-state index contributed by atoms with van der Waals surface area (Å²) in [6.07, 6.45) is 0.925. The Morgan fingerprint density at radius 3 is 2.73 bits per heavy atom. The normalized spacial score (nSPS) is 10.6. The van der Waals surface area contributed by atoms with Crippen molar-refractivity contribution in [2.45, 2.75) is 19.9 Å². The molecule has 0 aliphatic heterocycles. The number of benzene rings is 1. The zero-order valence-corrected chi connectivity index (χ0v) is 12.7. The molecular weight excluding hydrogens is 300 g/mol. The largest absolute Gasteiger partial charge is 0.263 e. The molecule has 3 rings (SSSR count). The lowest BCUT2D eigenvalue weighted by atomic mass is 10.1. The van der Waals surface area contributed by atoms with E-state index in [1.807, 2.05) is 41.1 Å². The van der Waals surface area contributed by atoms with Gasteiger partial charge < -0.3 is 0 Å². The Hall–Kier alpha value is -2.65. The molecule has 0 spiro atoms. The Morgan fingerprint density at radius 1 is 1.27 bits per heavy atom. The van der Waals surface area contributed by atoms with Crippen molar-refractivity contribution in [3.05, 3.63) is 41.0 Å². The van der Waals surface area contributed by atoms with Crippen LogP contribution < -0.4 is 0 Å². The number of hydrogen-bond donors (Lipinski definition) is 1. The molecule has 22 heavy (non-hydrogen) atoms. The van der Waals surface area contributed by atoms with Crippen LogP contribution in [-0.2, 0) is 6.54 Å². The highest BCUT2D eigenvalue weighted by atomic mass is 35.5. The Morgan fingerprint density at radius 2 is 2.05 bits per heavy atom. The summed E-state index contributed by atoms with van der Waals surface area (Å²) in [7, 11) is 0. The number of aromatic amines is 1. The number of hydrogen-bond acceptors (Lipinski definition) is 4. The Kier molecular flexibility index (Phi) is 3.90. The second-order valence-electron chi connectivity index (χ2n) is 4.78. The van der Waals surface area contributed by atoms with Crippen molar-refractivity contribution in [2.75, 3.05) is 0 Å². The third-order valence-electron chi connectivity index (χ3n) is 3.25. The predicted octanol–water partition coefficient (Wildman–Crippen LogP) is 3.27. The van der Waals surface area contributed by atoms with E-state index in [9.17, 15) is 0 Å². The van der Waals surface area contributed by atoms with Gasteiger partial charge in [0.2, 0.25) is 0 Å². The molecule has 0 atom stereocenters. The molecule has 110 valence electrons. The summed E-state index contributed by atoms with van der Waals surface area (Å²) in [5.74, 6) is 0. The highest BCUT2D eigenvalue weighted by Crippen LogP contribution is 2.27. The minimum atomic E-state index is 0.264. The first-order chi connectivity index (χ1) is 10.7. The van der Waals surface area contributed by atoms with Gasteiger partial charge >= 0.3 is 0 Å². The van der Waals surface area contributed by atoms with Crippen molar-refractivity contribution in [1.82, 2.24) is 25.2 Å². The summed E-state index contributed by atoms with van der Waals surface area (Å²) in [5.41, 5.74) is 3.33. The second-order valence-corrected chi connectivity index (χ2v) is 5.21. The number of halogens is 1. The van der Waals surface area contributed by atoms with Crippen molar-refractivity contribution >= 4 is 11.6 Å². The van der Waals surface area contributed by atoms with Gasteiger partial charge in [0.25, 0.3) is 0 Å². The molecule has 0 amide bonds. The summed E-state index contributed by atoms with van der Waals surface area (Å²) in [6, 6.07) is 11.4. The van der Waals surface area contributed by atoms with Gasteiger partial charge in [-0.05, 0) is 24.6 Å². The van der Waals surface area contributed by atoms with E-state index in [1.54, 1.807) is 0 Å². The van der Waals surface area contributed by atoms with Crippen molar-refractivity contribution in [2.24, 2.45) is 0 Å². The van der Waals surface area contributed by atoms with Crippen LogP contribution in [0.25, 0.3) is 22.6 Å². The fraction of sp³-hybridized carbons (Fsp3) is 0.200. The molecule has 0 saturated carbocycles. The first-order valence-electron chi connectivity index (χ1n) is 6.88. The molecule has 2 heterocycles. The van der Waals surface area contributed by atoms with E-state index in [-0.39, 0.29) is 5.69 Å². The van der Waals surface area contributed by atoms with Crippen LogP contribution >= 0.6 is 11.6 Å². The molecule has 7 heteroatoms. The number of rotatable bonds is 4. The van der Waals surface area contributed by atoms with E-state index in [0.29, 0.717) is 10.7 Å². The average Bonchev–Trinajstić information content (AvgIpc) is 3.14. The summed E-state index contributed by atoms with van der Waals surface area (Å²) in [6.45, 7) is 2.81. The Labute approximate surface area is 132 Å². The van der Waals surface area contributed by atoms with Crippen molar-refractivity contribution in [3.63, 3.8) is 0 Å². The van der Waals surface area contributed by atoms with Crippen LogP contribution in [0.1, 0.15) is 19.0 Å². The maximum Gasteiger partial charge on any atom is 0.192 e. The van der Waals surface area contributed by atoms with Crippen LogP contribution in [-0.4, -0.2) is 25.2 Å². The topological polar surface area (TPSA) is 83.2 Å². The fourth-order valence-electron chi connectivity index (χ4n) is 2.24. The van der Waals surface area contributed by atoms with E-state index < -0.39 is 0 Å². The molecule has 0 radical (unpaired) electrons.